The number of unbranched alkanes of at least 4 members (excludes halogenated alkanes) is 6. The minimum atomic E-state index is -7.18. The summed E-state index contributed by atoms with van der Waals surface area (Å²) in [6.45, 7) is 3.26. The van der Waals surface area contributed by atoms with E-state index in [0.717, 1.165) is 43.2 Å². The van der Waals surface area contributed by atoms with Crippen LogP contribution in [0.25, 0.3) is 11.1 Å². The predicted molar refractivity (Wildman–Crippen MR) is 183 cm³/mol. The first-order chi connectivity index (χ1) is 25.8. The normalized spacial score (nSPS) is 12.9. The van der Waals surface area contributed by atoms with Crippen LogP contribution in [-0.4, -0.2) is 61.2 Å². The van der Waals surface area contributed by atoms with Gasteiger partial charge in [0.1, 0.15) is 11.5 Å². The van der Waals surface area contributed by atoms with E-state index in [4.69, 9.17) is 14.2 Å². The van der Waals surface area contributed by atoms with Gasteiger partial charge in [0.15, 0.2) is 0 Å². The standard InChI is InChI=1S/C39H41F9O7/c1-3-4-5-8-11-26(2)54-33(49)29-14-12-27(13-15-29)28-16-22-32(23-17-28)55-34(50)30-18-20-31(21-19-30)52-24-9-6-7-10-25-53-35(51)36(40,41)37(42,43)38(44,45)39(46,47)48/h12-23,26H,3-11,24-25H2,1-2H3/t26-/m0/s1. The second kappa shape index (κ2) is 19.7. The van der Waals surface area contributed by atoms with Gasteiger partial charge in [-0.25, -0.2) is 14.4 Å². The number of esters is 3. The summed E-state index contributed by atoms with van der Waals surface area (Å²) in [4.78, 5) is 36.4. The Hall–Kier alpha value is -4.76. The van der Waals surface area contributed by atoms with Crippen LogP contribution in [0.4, 0.5) is 39.5 Å². The SMILES string of the molecule is CCCCCC[C@H](C)OC(=O)c1ccc(-c2ccc(OC(=O)c3ccc(OCCCCCCOC(=O)C(F)(F)C(F)(F)C(F)(F)C(F)(F)F)cc3)cc2)cc1. The van der Waals surface area contributed by atoms with Crippen molar-refractivity contribution in [2.24, 2.45) is 0 Å². The Labute approximate surface area is 312 Å². The van der Waals surface area contributed by atoms with Gasteiger partial charge < -0.3 is 18.9 Å². The molecule has 7 nitrogen and oxygen atoms in total. The van der Waals surface area contributed by atoms with E-state index in [-0.39, 0.29) is 37.1 Å². The third-order valence-corrected chi connectivity index (χ3v) is 8.32. The average molecular weight is 793 g/mol. The van der Waals surface area contributed by atoms with Crippen LogP contribution in [0.3, 0.4) is 0 Å². The van der Waals surface area contributed by atoms with Crippen LogP contribution in [0.2, 0.25) is 0 Å². The fourth-order valence-electron chi connectivity index (χ4n) is 5.04. The largest absolute Gasteiger partial charge is 0.494 e. The molecule has 302 valence electrons. The lowest BCUT2D eigenvalue weighted by Crippen LogP contribution is -2.63. The number of ether oxygens (including phenoxy) is 4. The van der Waals surface area contributed by atoms with Crippen LogP contribution >= 0.6 is 0 Å². The highest BCUT2D eigenvalue weighted by Gasteiger charge is 2.84. The molecule has 0 fully saturated rings. The molecular weight excluding hydrogens is 751 g/mol. The second-order valence-corrected chi connectivity index (χ2v) is 12.7. The van der Waals surface area contributed by atoms with Crippen LogP contribution in [0.5, 0.6) is 11.5 Å². The molecule has 0 amide bonds. The molecule has 0 heterocycles. The third kappa shape index (κ3) is 12.1. The van der Waals surface area contributed by atoms with E-state index < -0.39 is 42.5 Å². The van der Waals surface area contributed by atoms with Gasteiger partial charge in [0.2, 0.25) is 0 Å². The van der Waals surface area contributed by atoms with Crippen molar-refractivity contribution in [3.8, 4) is 22.6 Å². The van der Waals surface area contributed by atoms with Gasteiger partial charge in [0.25, 0.3) is 0 Å². The molecule has 0 radical (unpaired) electrons. The Morgan fingerprint density at radius 3 is 1.64 bits per heavy atom. The molecule has 16 heteroatoms. The summed E-state index contributed by atoms with van der Waals surface area (Å²) in [6.07, 6.45) is -1.21. The molecular formula is C39H41F9O7. The highest BCUT2D eigenvalue weighted by molar-refractivity contribution is 5.91. The number of benzene rings is 3. The lowest BCUT2D eigenvalue weighted by Gasteiger charge is -2.32. The second-order valence-electron chi connectivity index (χ2n) is 12.7. The maximum Gasteiger partial charge on any atom is 0.460 e. The molecule has 1 atom stereocenters. The van der Waals surface area contributed by atoms with Gasteiger partial charge in [0, 0.05) is 0 Å². The van der Waals surface area contributed by atoms with Gasteiger partial charge in [-0.2, -0.15) is 39.5 Å². The number of hydrogen-bond acceptors (Lipinski definition) is 7. The minimum absolute atomic E-state index is 0.151. The summed E-state index contributed by atoms with van der Waals surface area (Å²) >= 11 is 0. The van der Waals surface area contributed by atoms with Crippen molar-refractivity contribution < 1.29 is 72.8 Å². The van der Waals surface area contributed by atoms with Crippen molar-refractivity contribution >= 4 is 17.9 Å². The molecule has 0 saturated carbocycles. The molecule has 0 unspecified atom stereocenters. The Bertz CT molecular complexity index is 1680. The monoisotopic (exact) mass is 792 g/mol. The molecule has 0 aliphatic carbocycles. The molecule has 3 aromatic rings. The molecule has 55 heavy (non-hydrogen) atoms. The van der Waals surface area contributed by atoms with Gasteiger partial charge in [-0.3, -0.25) is 0 Å². The van der Waals surface area contributed by atoms with E-state index in [1.54, 1.807) is 48.5 Å². The van der Waals surface area contributed by atoms with E-state index >= 15 is 0 Å². The van der Waals surface area contributed by atoms with Crippen molar-refractivity contribution in [3.05, 3.63) is 83.9 Å². The molecule has 0 saturated heterocycles. The Balaban J connectivity index is 1.36. The fourth-order valence-corrected chi connectivity index (χ4v) is 5.04. The van der Waals surface area contributed by atoms with Crippen molar-refractivity contribution in [3.63, 3.8) is 0 Å². The Kier molecular flexibility index (Phi) is 16.0. The Morgan fingerprint density at radius 1 is 0.582 bits per heavy atom. The summed E-state index contributed by atoms with van der Waals surface area (Å²) in [5.41, 5.74) is 2.36. The first-order valence-electron chi connectivity index (χ1n) is 17.6. The van der Waals surface area contributed by atoms with Crippen LogP contribution in [0.15, 0.2) is 72.8 Å². The molecule has 0 spiro atoms. The fraction of sp³-hybridized carbons (Fsp3) is 0.462. The number of rotatable bonds is 21. The van der Waals surface area contributed by atoms with Crippen molar-refractivity contribution in [2.75, 3.05) is 13.2 Å². The number of carbonyl (C=O) groups excluding carboxylic acids is 3. The highest BCUT2D eigenvalue weighted by atomic mass is 19.4. The lowest BCUT2D eigenvalue weighted by atomic mass is 10.0. The number of carbonyl (C=O) groups is 3. The maximum atomic E-state index is 13.5. The summed E-state index contributed by atoms with van der Waals surface area (Å²) in [7, 11) is 0. The van der Waals surface area contributed by atoms with E-state index in [9.17, 15) is 53.9 Å². The van der Waals surface area contributed by atoms with Gasteiger partial charge in [-0.15, -0.1) is 0 Å². The number of hydrogen-bond donors (Lipinski definition) is 0. The molecule has 0 aromatic heterocycles. The molecule has 0 aliphatic heterocycles. The van der Waals surface area contributed by atoms with Crippen LogP contribution in [0, 0.1) is 0 Å². The van der Waals surface area contributed by atoms with Crippen molar-refractivity contribution in [2.45, 2.75) is 102 Å². The summed E-state index contributed by atoms with van der Waals surface area (Å²) < 4.78 is 136. The van der Waals surface area contributed by atoms with Crippen molar-refractivity contribution in [1.29, 1.82) is 0 Å². The van der Waals surface area contributed by atoms with Crippen LogP contribution < -0.4 is 9.47 Å². The lowest BCUT2D eigenvalue weighted by molar-refractivity contribution is -0.390. The Morgan fingerprint density at radius 2 is 1.07 bits per heavy atom. The zero-order valence-electron chi connectivity index (χ0n) is 30.0. The number of halogens is 9. The molecule has 3 aromatic carbocycles. The molecule has 0 N–H and O–H groups in total. The van der Waals surface area contributed by atoms with E-state index in [2.05, 4.69) is 11.7 Å². The van der Waals surface area contributed by atoms with E-state index in [1.807, 2.05) is 6.92 Å². The first kappa shape index (κ1) is 44.6. The smallest absolute Gasteiger partial charge is 0.460 e. The molecule has 0 aliphatic rings. The number of alkyl halides is 9. The summed E-state index contributed by atoms with van der Waals surface area (Å²) in [6, 6.07) is 19.8. The average Bonchev–Trinajstić information content (AvgIpc) is 3.14. The summed E-state index contributed by atoms with van der Waals surface area (Å²) in [5.74, 6) is -24.2. The predicted octanol–water partition coefficient (Wildman–Crippen LogP) is 11.0. The highest BCUT2D eigenvalue weighted by Crippen LogP contribution is 2.53. The van der Waals surface area contributed by atoms with Gasteiger partial charge >= 0.3 is 41.9 Å². The van der Waals surface area contributed by atoms with Gasteiger partial charge in [-0.1, -0.05) is 50.5 Å². The zero-order chi connectivity index (χ0) is 40.9. The quantitative estimate of drug-likeness (QED) is 0.0459. The first-order valence-corrected chi connectivity index (χ1v) is 17.6. The topological polar surface area (TPSA) is 88.1 Å². The van der Waals surface area contributed by atoms with Gasteiger partial charge in [-0.05, 0) is 105 Å². The van der Waals surface area contributed by atoms with Gasteiger partial charge in [0.05, 0.1) is 30.4 Å². The molecule has 3 rings (SSSR count). The van der Waals surface area contributed by atoms with Crippen LogP contribution in [0.1, 0.15) is 92.4 Å². The van der Waals surface area contributed by atoms with E-state index in [1.165, 1.54) is 24.3 Å². The zero-order valence-corrected chi connectivity index (χ0v) is 30.0. The minimum Gasteiger partial charge on any atom is -0.494 e. The summed E-state index contributed by atoms with van der Waals surface area (Å²) in [5, 5.41) is 0. The molecule has 0 bridgehead atoms. The maximum absolute atomic E-state index is 13.5. The van der Waals surface area contributed by atoms with Crippen LogP contribution in [-0.2, 0) is 14.3 Å². The van der Waals surface area contributed by atoms with Crippen molar-refractivity contribution in [1.82, 2.24) is 0 Å². The van der Waals surface area contributed by atoms with E-state index in [0.29, 0.717) is 29.9 Å². The third-order valence-electron chi connectivity index (χ3n) is 8.32.